The number of carbonyl (C=O) groups excluding carboxylic acids is 1. The number of rotatable bonds is 2. The fraction of sp³-hybridized carbons (Fsp3) is 0.583. The molecule has 1 saturated heterocycles. The standard InChI is InChI=1S/C12H18N4O2/c1-8(13)9-3-2-6-16(7-9)12(18)10-4-5-11(17)15-14-10/h4-5,8-9H,2-3,6-7,13H2,1H3,(H,15,17). The molecule has 1 aliphatic rings. The molecule has 2 rings (SSSR count). The number of hydrogen-bond donors (Lipinski definition) is 2. The van der Waals surface area contributed by atoms with Crippen LogP contribution in [0.3, 0.4) is 0 Å². The van der Waals surface area contributed by atoms with Crippen LogP contribution >= 0.6 is 0 Å². The number of amides is 1. The van der Waals surface area contributed by atoms with Crippen molar-refractivity contribution >= 4 is 5.91 Å². The van der Waals surface area contributed by atoms with Crippen molar-refractivity contribution < 1.29 is 4.79 Å². The Hall–Kier alpha value is -1.69. The van der Waals surface area contributed by atoms with Crippen molar-refractivity contribution in [3.8, 4) is 0 Å². The first kappa shape index (κ1) is 12.8. The molecule has 2 unspecified atom stereocenters. The number of nitrogens with zero attached hydrogens (tertiary/aromatic N) is 2. The van der Waals surface area contributed by atoms with Crippen molar-refractivity contribution in [2.75, 3.05) is 13.1 Å². The van der Waals surface area contributed by atoms with E-state index in [0.717, 1.165) is 19.4 Å². The van der Waals surface area contributed by atoms with Crippen LogP contribution in [-0.4, -0.2) is 40.1 Å². The molecular weight excluding hydrogens is 232 g/mol. The van der Waals surface area contributed by atoms with Gasteiger partial charge < -0.3 is 10.6 Å². The van der Waals surface area contributed by atoms with Crippen molar-refractivity contribution in [2.24, 2.45) is 11.7 Å². The Morgan fingerprint density at radius 3 is 3.00 bits per heavy atom. The van der Waals surface area contributed by atoms with Gasteiger partial charge in [0.1, 0.15) is 5.69 Å². The minimum atomic E-state index is -0.307. The van der Waals surface area contributed by atoms with Gasteiger partial charge in [-0.15, -0.1) is 0 Å². The van der Waals surface area contributed by atoms with Crippen LogP contribution in [0.15, 0.2) is 16.9 Å². The molecule has 0 bridgehead atoms. The van der Waals surface area contributed by atoms with E-state index in [0.29, 0.717) is 12.5 Å². The summed E-state index contributed by atoms with van der Waals surface area (Å²) in [5.41, 5.74) is 5.86. The van der Waals surface area contributed by atoms with Crippen LogP contribution in [0.1, 0.15) is 30.3 Å². The Morgan fingerprint density at radius 1 is 1.61 bits per heavy atom. The summed E-state index contributed by atoms with van der Waals surface area (Å²) in [5.74, 6) is 0.196. The number of nitrogens with two attached hydrogens (primary N) is 1. The minimum absolute atomic E-state index is 0.0872. The highest BCUT2D eigenvalue weighted by atomic mass is 16.2. The molecule has 0 aliphatic carbocycles. The Balaban J connectivity index is 2.09. The zero-order valence-corrected chi connectivity index (χ0v) is 10.4. The number of nitrogens with one attached hydrogen (secondary N) is 1. The molecule has 1 fully saturated rings. The number of likely N-dealkylation sites (tertiary alicyclic amines) is 1. The Bertz CT molecular complexity index is 463. The third-order valence-corrected chi connectivity index (χ3v) is 3.39. The first-order valence-electron chi connectivity index (χ1n) is 6.18. The van der Waals surface area contributed by atoms with Crippen LogP contribution < -0.4 is 11.3 Å². The van der Waals surface area contributed by atoms with Crippen molar-refractivity contribution in [3.05, 3.63) is 28.2 Å². The van der Waals surface area contributed by atoms with Gasteiger partial charge in [-0.05, 0) is 31.7 Å². The lowest BCUT2D eigenvalue weighted by Crippen LogP contribution is -2.45. The molecule has 2 heterocycles. The normalized spacial score (nSPS) is 21.7. The van der Waals surface area contributed by atoms with E-state index in [4.69, 9.17) is 5.73 Å². The molecule has 6 heteroatoms. The van der Waals surface area contributed by atoms with Gasteiger partial charge in [-0.2, -0.15) is 5.10 Å². The molecule has 1 aromatic heterocycles. The largest absolute Gasteiger partial charge is 0.337 e. The third-order valence-electron chi connectivity index (χ3n) is 3.39. The Morgan fingerprint density at radius 2 is 2.39 bits per heavy atom. The summed E-state index contributed by atoms with van der Waals surface area (Å²) < 4.78 is 0. The number of H-pyrrole nitrogens is 1. The lowest BCUT2D eigenvalue weighted by molar-refractivity contribution is 0.0653. The van der Waals surface area contributed by atoms with Gasteiger partial charge in [0, 0.05) is 25.2 Å². The van der Waals surface area contributed by atoms with Gasteiger partial charge in [0.25, 0.3) is 11.5 Å². The molecule has 98 valence electrons. The second-order valence-corrected chi connectivity index (χ2v) is 4.82. The first-order chi connectivity index (χ1) is 8.58. The first-order valence-corrected chi connectivity index (χ1v) is 6.18. The van der Waals surface area contributed by atoms with Crippen molar-refractivity contribution in [1.29, 1.82) is 0 Å². The topological polar surface area (TPSA) is 92.1 Å². The van der Waals surface area contributed by atoms with Crippen LogP contribution in [0.2, 0.25) is 0 Å². The van der Waals surface area contributed by atoms with Gasteiger partial charge >= 0.3 is 0 Å². The lowest BCUT2D eigenvalue weighted by atomic mass is 9.92. The van der Waals surface area contributed by atoms with Crippen LogP contribution in [0.4, 0.5) is 0 Å². The number of hydrogen-bond acceptors (Lipinski definition) is 4. The molecule has 1 amide bonds. The average molecular weight is 250 g/mol. The second-order valence-electron chi connectivity index (χ2n) is 4.82. The number of piperidine rings is 1. The number of carbonyl (C=O) groups is 1. The summed E-state index contributed by atoms with van der Waals surface area (Å²) in [7, 11) is 0. The molecule has 2 atom stereocenters. The fourth-order valence-corrected chi connectivity index (χ4v) is 2.25. The van der Waals surface area contributed by atoms with E-state index in [1.54, 1.807) is 4.90 Å². The molecule has 18 heavy (non-hydrogen) atoms. The van der Waals surface area contributed by atoms with Gasteiger partial charge in [-0.3, -0.25) is 9.59 Å². The number of aromatic amines is 1. The summed E-state index contributed by atoms with van der Waals surface area (Å²) in [6, 6.07) is 2.85. The predicted octanol–water partition coefficient (Wildman–Crippen LogP) is -0.0307. The van der Waals surface area contributed by atoms with Crippen LogP contribution in [-0.2, 0) is 0 Å². The Kier molecular flexibility index (Phi) is 3.76. The van der Waals surface area contributed by atoms with Crippen LogP contribution in [0.25, 0.3) is 0 Å². The quantitative estimate of drug-likeness (QED) is 0.771. The van der Waals surface area contributed by atoms with Crippen molar-refractivity contribution in [2.45, 2.75) is 25.8 Å². The van der Waals surface area contributed by atoms with Crippen LogP contribution in [0.5, 0.6) is 0 Å². The van der Waals surface area contributed by atoms with E-state index in [1.807, 2.05) is 6.92 Å². The molecule has 3 N–H and O–H groups in total. The smallest absolute Gasteiger partial charge is 0.274 e. The maximum absolute atomic E-state index is 12.2. The third kappa shape index (κ3) is 2.76. The second kappa shape index (κ2) is 5.30. The van der Waals surface area contributed by atoms with E-state index < -0.39 is 0 Å². The van der Waals surface area contributed by atoms with E-state index in [-0.39, 0.29) is 23.2 Å². The van der Waals surface area contributed by atoms with Gasteiger partial charge in [0.05, 0.1) is 0 Å². The zero-order chi connectivity index (χ0) is 13.1. The van der Waals surface area contributed by atoms with E-state index in [9.17, 15) is 9.59 Å². The van der Waals surface area contributed by atoms with E-state index in [1.165, 1.54) is 12.1 Å². The highest BCUT2D eigenvalue weighted by Gasteiger charge is 2.27. The van der Waals surface area contributed by atoms with Gasteiger partial charge in [0.15, 0.2) is 0 Å². The molecule has 0 aromatic carbocycles. The summed E-state index contributed by atoms with van der Waals surface area (Å²) in [4.78, 5) is 24.8. The van der Waals surface area contributed by atoms with Gasteiger partial charge in [-0.25, -0.2) is 5.10 Å². The predicted molar refractivity (Wildman–Crippen MR) is 67.1 cm³/mol. The highest BCUT2D eigenvalue weighted by Crippen LogP contribution is 2.19. The highest BCUT2D eigenvalue weighted by molar-refractivity contribution is 5.92. The molecule has 1 aliphatic heterocycles. The molecule has 6 nitrogen and oxygen atoms in total. The summed E-state index contributed by atoms with van der Waals surface area (Å²) in [5, 5.41) is 6.04. The Labute approximate surface area is 105 Å². The summed E-state index contributed by atoms with van der Waals surface area (Å²) >= 11 is 0. The van der Waals surface area contributed by atoms with Crippen molar-refractivity contribution in [3.63, 3.8) is 0 Å². The lowest BCUT2D eigenvalue weighted by Gasteiger charge is -2.34. The zero-order valence-electron chi connectivity index (χ0n) is 10.4. The maximum atomic E-state index is 12.2. The molecule has 0 radical (unpaired) electrons. The maximum Gasteiger partial charge on any atom is 0.274 e. The monoisotopic (exact) mass is 250 g/mol. The van der Waals surface area contributed by atoms with Crippen molar-refractivity contribution in [1.82, 2.24) is 15.1 Å². The van der Waals surface area contributed by atoms with Gasteiger partial charge in [-0.1, -0.05) is 0 Å². The molecule has 0 spiro atoms. The fourth-order valence-electron chi connectivity index (χ4n) is 2.25. The SMILES string of the molecule is CC(N)C1CCCN(C(=O)c2ccc(=O)[nH]n2)C1. The van der Waals surface area contributed by atoms with E-state index >= 15 is 0 Å². The summed E-state index contributed by atoms with van der Waals surface area (Å²) in [6.07, 6.45) is 2.02. The average Bonchev–Trinajstić information content (AvgIpc) is 2.39. The van der Waals surface area contributed by atoms with Gasteiger partial charge in [0.2, 0.25) is 0 Å². The molecule has 0 saturated carbocycles. The van der Waals surface area contributed by atoms with E-state index in [2.05, 4.69) is 10.2 Å². The summed E-state index contributed by atoms with van der Waals surface area (Å²) in [6.45, 7) is 3.36. The molecular formula is C12H18N4O2. The minimum Gasteiger partial charge on any atom is -0.337 e. The van der Waals surface area contributed by atoms with Crippen LogP contribution in [0, 0.1) is 5.92 Å². The number of aromatic nitrogens is 2. The molecule has 1 aromatic rings.